The molecular formula is C22H27NO5S. The number of hydrogen-bond acceptors (Lipinski definition) is 5. The third-order valence-corrected chi connectivity index (χ3v) is 6.64. The highest BCUT2D eigenvalue weighted by Gasteiger charge is 2.34. The SMILES string of the molecule is CCCCN(C(=O)COc1ccc(Oc2ccccc2)cc1)[C@@H]1CCS(=O)(=O)C1. The van der Waals surface area contributed by atoms with E-state index in [1.54, 1.807) is 29.2 Å². The first-order valence-corrected chi connectivity index (χ1v) is 11.7. The summed E-state index contributed by atoms with van der Waals surface area (Å²) in [5, 5.41) is 0. The molecule has 0 unspecified atom stereocenters. The quantitative estimate of drug-likeness (QED) is 0.622. The topological polar surface area (TPSA) is 72.9 Å². The van der Waals surface area contributed by atoms with Crippen molar-refractivity contribution in [3.8, 4) is 17.2 Å². The normalized spacial score (nSPS) is 17.6. The molecule has 1 saturated heterocycles. The lowest BCUT2D eigenvalue weighted by molar-refractivity contribution is -0.135. The van der Waals surface area contributed by atoms with E-state index in [2.05, 4.69) is 0 Å². The summed E-state index contributed by atoms with van der Waals surface area (Å²) in [5.74, 6) is 2.01. The summed E-state index contributed by atoms with van der Waals surface area (Å²) in [6, 6.07) is 16.3. The van der Waals surface area contributed by atoms with Crippen molar-refractivity contribution in [1.82, 2.24) is 4.90 Å². The number of sulfone groups is 1. The van der Waals surface area contributed by atoms with Crippen LogP contribution in [0.25, 0.3) is 0 Å². The third kappa shape index (κ3) is 6.22. The van der Waals surface area contributed by atoms with Gasteiger partial charge >= 0.3 is 0 Å². The molecule has 0 bridgehead atoms. The van der Waals surface area contributed by atoms with Crippen molar-refractivity contribution in [3.63, 3.8) is 0 Å². The molecule has 1 amide bonds. The summed E-state index contributed by atoms with van der Waals surface area (Å²) in [6.45, 7) is 2.49. The van der Waals surface area contributed by atoms with Crippen molar-refractivity contribution in [3.05, 3.63) is 54.6 Å². The summed E-state index contributed by atoms with van der Waals surface area (Å²) < 4.78 is 35.0. The van der Waals surface area contributed by atoms with Crippen LogP contribution < -0.4 is 9.47 Å². The minimum atomic E-state index is -3.05. The van der Waals surface area contributed by atoms with Crippen LogP contribution >= 0.6 is 0 Å². The number of carbonyl (C=O) groups excluding carboxylic acids is 1. The first kappa shape index (κ1) is 21.2. The smallest absolute Gasteiger partial charge is 0.260 e. The predicted octanol–water partition coefficient (Wildman–Crippen LogP) is 3.67. The van der Waals surface area contributed by atoms with Crippen molar-refractivity contribution in [2.75, 3.05) is 24.7 Å². The number of carbonyl (C=O) groups is 1. The first-order chi connectivity index (χ1) is 14.0. The van der Waals surface area contributed by atoms with E-state index in [0.717, 1.165) is 18.6 Å². The molecule has 7 heteroatoms. The Morgan fingerprint density at radius 2 is 1.69 bits per heavy atom. The minimum Gasteiger partial charge on any atom is -0.484 e. The largest absolute Gasteiger partial charge is 0.484 e. The fourth-order valence-corrected chi connectivity index (χ4v) is 5.05. The molecule has 29 heavy (non-hydrogen) atoms. The summed E-state index contributed by atoms with van der Waals surface area (Å²) in [4.78, 5) is 14.4. The zero-order valence-electron chi connectivity index (χ0n) is 16.6. The van der Waals surface area contributed by atoms with Crippen LogP contribution in [-0.2, 0) is 14.6 Å². The van der Waals surface area contributed by atoms with Crippen molar-refractivity contribution < 1.29 is 22.7 Å². The Hall–Kier alpha value is -2.54. The van der Waals surface area contributed by atoms with Gasteiger partial charge in [0.15, 0.2) is 16.4 Å². The van der Waals surface area contributed by atoms with Gasteiger partial charge in [0.05, 0.1) is 11.5 Å². The molecule has 6 nitrogen and oxygen atoms in total. The van der Waals surface area contributed by atoms with Crippen LogP contribution in [0.3, 0.4) is 0 Å². The Morgan fingerprint density at radius 1 is 1.03 bits per heavy atom. The monoisotopic (exact) mass is 417 g/mol. The third-order valence-electron chi connectivity index (χ3n) is 4.89. The van der Waals surface area contributed by atoms with Gasteiger partial charge < -0.3 is 14.4 Å². The molecular weight excluding hydrogens is 390 g/mol. The molecule has 0 spiro atoms. The van der Waals surface area contributed by atoms with Crippen molar-refractivity contribution in [2.24, 2.45) is 0 Å². The Labute approximate surface area is 172 Å². The average molecular weight is 418 g/mol. The highest BCUT2D eigenvalue weighted by molar-refractivity contribution is 7.91. The van der Waals surface area contributed by atoms with Crippen LogP contribution in [0.15, 0.2) is 54.6 Å². The van der Waals surface area contributed by atoms with E-state index in [0.29, 0.717) is 24.5 Å². The van der Waals surface area contributed by atoms with E-state index < -0.39 is 9.84 Å². The fourth-order valence-electron chi connectivity index (χ4n) is 3.32. The molecule has 1 aliphatic heterocycles. The summed E-state index contributed by atoms with van der Waals surface area (Å²) in [5.41, 5.74) is 0. The number of amides is 1. The Bertz CT molecular complexity index is 897. The maximum Gasteiger partial charge on any atom is 0.260 e. The molecule has 0 aromatic heterocycles. The molecule has 2 aromatic rings. The van der Waals surface area contributed by atoms with Crippen molar-refractivity contribution in [1.29, 1.82) is 0 Å². The summed E-state index contributed by atoms with van der Waals surface area (Å²) in [6.07, 6.45) is 2.28. The van der Waals surface area contributed by atoms with E-state index in [4.69, 9.17) is 9.47 Å². The van der Waals surface area contributed by atoms with E-state index in [-0.39, 0.29) is 30.1 Å². The molecule has 0 aliphatic carbocycles. The molecule has 2 aromatic carbocycles. The van der Waals surface area contributed by atoms with Gasteiger partial charge in [0.1, 0.15) is 17.2 Å². The molecule has 1 aliphatic rings. The molecule has 156 valence electrons. The molecule has 0 radical (unpaired) electrons. The molecule has 1 fully saturated rings. The number of ether oxygens (including phenoxy) is 2. The fraction of sp³-hybridized carbons (Fsp3) is 0.409. The van der Waals surface area contributed by atoms with Crippen LogP contribution in [0.4, 0.5) is 0 Å². The van der Waals surface area contributed by atoms with Crippen LogP contribution in [0.5, 0.6) is 17.2 Å². The summed E-state index contributed by atoms with van der Waals surface area (Å²) in [7, 11) is -3.05. The van der Waals surface area contributed by atoms with Gasteiger partial charge in [0.2, 0.25) is 0 Å². The van der Waals surface area contributed by atoms with E-state index in [9.17, 15) is 13.2 Å². The predicted molar refractivity (Wildman–Crippen MR) is 112 cm³/mol. The van der Waals surface area contributed by atoms with Crippen LogP contribution in [0.2, 0.25) is 0 Å². The Kier molecular flexibility index (Phi) is 7.14. The van der Waals surface area contributed by atoms with Gasteiger partial charge in [-0.05, 0) is 49.2 Å². The zero-order valence-corrected chi connectivity index (χ0v) is 17.4. The van der Waals surface area contributed by atoms with Crippen molar-refractivity contribution >= 4 is 15.7 Å². The zero-order chi connectivity index (χ0) is 20.7. The van der Waals surface area contributed by atoms with Gasteiger partial charge in [-0.1, -0.05) is 31.5 Å². The van der Waals surface area contributed by atoms with Crippen LogP contribution in [0.1, 0.15) is 26.2 Å². The molecule has 3 rings (SSSR count). The first-order valence-electron chi connectivity index (χ1n) is 9.92. The van der Waals surface area contributed by atoms with Gasteiger partial charge in [-0.15, -0.1) is 0 Å². The lowest BCUT2D eigenvalue weighted by Crippen LogP contribution is -2.44. The number of benzene rings is 2. The second-order valence-electron chi connectivity index (χ2n) is 7.17. The minimum absolute atomic E-state index is 0.0496. The van der Waals surface area contributed by atoms with Gasteiger partial charge in [-0.2, -0.15) is 0 Å². The number of nitrogens with zero attached hydrogens (tertiary/aromatic N) is 1. The lowest BCUT2D eigenvalue weighted by atomic mass is 10.2. The average Bonchev–Trinajstić information content (AvgIpc) is 3.08. The highest BCUT2D eigenvalue weighted by atomic mass is 32.2. The van der Waals surface area contributed by atoms with Crippen LogP contribution in [-0.4, -0.2) is 49.9 Å². The van der Waals surface area contributed by atoms with E-state index in [1.165, 1.54) is 0 Å². The van der Waals surface area contributed by atoms with E-state index in [1.807, 2.05) is 37.3 Å². The maximum absolute atomic E-state index is 12.7. The van der Waals surface area contributed by atoms with Crippen molar-refractivity contribution in [2.45, 2.75) is 32.2 Å². The maximum atomic E-state index is 12.7. The number of unbranched alkanes of at least 4 members (excludes halogenated alkanes) is 1. The molecule has 1 heterocycles. The van der Waals surface area contributed by atoms with Crippen LogP contribution in [0, 0.1) is 0 Å². The second-order valence-corrected chi connectivity index (χ2v) is 9.40. The van der Waals surface area contributed by atoms with Gasteiger partial charge in [-0.3, -0.25) is 4.79 Å². The molecule has 0 saturated carbocycles. The van der Waals surface area contributed by atoms with Gasteiger partial charge in [0.25, 0.3) is 5.91 Å². The number of hydrogen-bond donors (Lipinski definition) is 0. The van der Waals surface area contributed by atoms with Gasteiger partial charge in [-0.25, -0.2) is 8.42 Å². The Morgan fingerprint density at radius 3 is 2.31 bits per heavy atom. The highest BCUT2D eigenvalue weighted by Crippen LogP contribution is 2.24. The number of rotatable bonds is 9. The molecule has 0 N–H and O–H groups in total. The second kappa shape index (κ2) is 9.78. The summed E-state index contributed by atoms with van der Waals surface area (Å²) >= 11 is 0. The van der Waals surface area contributed by atoms with E-state index >= 15 is 0 Å². The molecule has 1 atom stereocenters. The standard InChI is InChI=1S/C22H27NO5S/c1-2-3-14-23(18-13-15-29(25,26)17-18)22(24)16-27-19-9-11-21(12-10-19)28-20-7-5-4-6-8-20/h4-12,18H,2-3,13-17H2,1H3/t18-/m1/s1. The number of para-hydroxylation sites is 1. The lowest BCUT2D eigenvalue weighted by Gasteiger charge is -2.28. The Balaban J connectivity index is 1.56. The van der Waals surface area contributed by atoms with Gasteiger partial charge in [0, 0.05) is 12.6 Å².